The van der Waals surface area contributed by atoms with Crippen LogP contribution in [0.25, 0.3) is 0 Å². The number of amides is 1. The van der Waals surface area contributed by atoms with E-state index in [2.05, 4.69) is 41.1 Å². The van der Waals surface area contributed by atoms with E-state index >= 15 is 0 Å². The number of carbonyl (C=O) groups excluding carboxylic acids is 1. The van der Waals surface area contributed by atoms with Crippen LogP contribution in [0.5, 0.6) is 0 Å². The molecule has 1 aromatic rings. The minimum absolute atomic E-state index is 0.00840. The zero-order chi connectivity index (χ0) is 29.4. The lowest BCUT2D eigenvalue weighted by Crippen LogP contribution is -2.50. The number of nitrogens with one attached hydrogen (secondary N) is 1. The third-order valence-electron chi connectivity index (χ3n) is 5.84. The van der Waals surface area contributed by atoms with Crippen molar-refractivity contribution in [2.45, 2.75) is 57.3 Å². The molecular formula is C23H28F6N4O5. The summed E-state index contributed by atoms with van der Waals surface area (Å²) in [5.74, 6) is -4.82. The fourth-order valence-corrected chi connectivity index (χ4v) is 4.43. The van der Waals surface area contributed by atoms with Crippen molar-refractivity contribution < 1.29 is 50.9 Å². The minimum Gasteiger partial charge on any atom is -0.475 e. The number of hydrogen-bond acceptors (Lipinski definition) is 6. The molecule has 2 aliphatic heterocycles. The molecule has 0 unspecified atom stereocenters. The number of nitrogens with zero attached hydrogens (tertiary/aromatic N) is 3. The zero-order valence-electron chi connectivity index (χ0n) is 20.7. The van der Waals surface area contributed by atoms with Gasteiger partial charge in [-0.1, -0.05) is 12.1 Å². The molecule has 3 rings (SSSR count). The summed E-state index contributed by atoms with van der Waals surface area (Å²) in [5, 5.41) is 26.1. The average Bonchev–Trinajstić information content (AvgIpc) is 3.35. The number of hydrogen-bond donors (Lipinski definition) is 3. The molecule has 212 valence electrons. The number of rotatable bonds is 4. The molecule has 0 radical (unpaired) electrons. The van der Waals surface area contributed by atoms with Gasteiger partial charge in [0.1, 0.15) is 0 Å². The molecule has 3 N–H and O–H groups in total. The lowest BCUT2D eigenvalue weighted by molar-refractivity contribution is -0.193. The second-order valence-electron chi connectivity index (χ2n) is 8.85. The summed E-state index contributed by atoms with van der Waals surface area (Å²) >= 11 is 0. The summed E-state index contributed by atoms with van der Waals surface area (Å²) in [6.45, 7) is 7.25. The number of nitriles is 1. The van der Waals surface area contributed by atoms with E-state index < -0.39 is 24.3 Å². The Kier molecular flexibility index (Phi) is 11.5. The minimum atomic E-state index is -5.08. The molecular weight excluding hydrogens is 526 g/mol. The van der Waals surface area contributed by atoms with Gasteiger partial charge in [-0.2, -0.15) is 31.6 Å². The molecule has 38 heavy (non-hydrogen) atoms. The largest absolute Gasteiger partial charge is 0.490 e. The first kappa shape index (κ1) is 32.6. The number of carbonyl (C=O) groups is 3. The van der Waals surface area contributed by atoms with Crippen LogP contribution >= 0.6 is 0 Å². The standard InChI is InChI=1S/C19H26N4O.2C2HF3O2/c1-13(2)23-17(19(24)21-3)8-16-11-22(12-18(16)23)10-15-6-4-5-14(7-15)9-20;2*3-2(4,5)1(6)7/h4-7,13,16-18H,8,10-12H2,1-3H3,(H,21,24);2*(H,6,7)/t16-,17-,18+;;/m1../s1. The molecule has 0 aliphatic carbocycles. The summed E-state index contributed by atoms with van der Waals surface area (Å²) in [4.78, 5) is 34.9. The normalized spacial score (nSPS) is 21.3. The second kappa shape index (κ2) is 13.4. The maximum Gasteiger partial charge on any atom is 0.490 e. The molecule has 1 aromatic carbocycles. The van der Waals surface area contributed by atoms with Crippen LogP contribution in [0.2, 0.25) is 0 Å². The number of likely N-dealkylation sites (N-methyl/N-ethyl adjacent to an activating group) is 1. The number of halogens is 6. The Morgan fingerprint density at radius 3 is 2.03 bits per heavy atom. The van der Waals surface area contributed by atoms with Crippen LogP contribution in [0.3, 0.4) is 0 Å². The van der Waals surface area contributed by atoms with Gasteiger partial charge in [-0.15, -0.1) is 0 Å². The molecule has 2 saturated heterocycles. The Hall–Kier alpha value is -3.38. The third-order valence-corrected chi connectivity index (χ3v) is 5.84. The first-order valence-corrected chi connectivity index (χ1v) is 11.2. The number of aliphatic carboxylic acids is 2. The van der Waals surface area contributed by atoms with Crippen molar-refractivity contribution in [3.63, 3.8) is 0 Å². The number of alkyl halides is 6. The first-order valence-electron chi connectivity index (χ1n) is 11.2. The molecule has 15 heteroatoms. The Balaban J connectivity index is 0.000000426. The van der Waals surface area contributed by atoms with Crippen molar-refractivity contribution in [3.8, 4) is 6.07 Å². The van der Waals surface area contributed by atoms with E-state index in [1.54, 1.807) is 7.05 Å². The van der Waals surface area contributed by atoms with Crippen LogP contribution in [-0.4, -0.2) is 88.5 Å². The van der Waals surface area contributed by atoms with Crippen molar-refractivity contribution in [1.29, 1.82) is 5.26 Å². The van der Waals surface area contributed by atoms with Gasteiger partial charge in [0.25, 0.3) is 0 Å². The van der Waals surface area contributed by atoms with E-state index in [0.717, 1.165) is 31.6 Å². The smallest absolute Gasteiger partial charge is 0.475 e. The van der Waals surface area contributed by atoms with Crippen LogP contribution in [0, 0.1) is 17.2 Å². The van der Waals surface area contributed by atoms with E-state index in [1.807, 2.05) is 18.2 Å². The summed E-state index contributed by atoms with van der Waals surface area (Å²) in [7, 11) is 1.73. The lowest BCUT2D eigenvalue weighted by Gasteiger charge is -2.33. The highest BCUT2D eigenvalue weighted by Gasteiger charge is 2.49. The van der Waals surface area contributed by atoms with E-state index in [1.165, 1.54) is 5.56 Å². The number of fused-ring (bicyclic) bond motifs is 1. The first-order chi connectivity index (χ1) is 17.4. The highest BCUT2D eigenvalue weighted by molar-refractivity contribution is 5.82. The van der Waals surface area contributed by atoms with Crippen LogP contribution in [0.15, 0.2) is 24.3 Å². The molecule has 9 nitrogen and oxygen atoms in total. The molecule has 2 fully saturated rings. The van der Waals surface area contributed by atoms with E-state index in [9.17, 15) is 31.1 Å². The molecule has 1 amide bonds. The number of carboxylic acids is 2. The molecule has 3 atom stereocenters. The van der Waals surface area contributed by atoms with Crippen molar-refractivity contribution in [3.05, 3.63) is 35.4 Å². The zero-order valence-corrected chi connectivity index (χ0v) is 20.7. The Labute approximate surface area is 214 Å². The lowest BCUT2D eigenvalue weighted by atomic mass is 10.0. The van der Waals surface area contributed by atoms with Gasteiger partial charge in [0.2, 0.25) is 5.91 Å². The van der Waals surface area contributed by atoms with Gasteiger partial charge in [0.05, 0.1) is 17.7 Å². The number of likely N-dealkylation sites (tertiary alicyclic amines) is 2. The number of benzene rings is 1. The second-order valence-corrected chi connectivity index (χ2v) is 8.85. The molecule has 2 heterocycles. The Bertz CT molecular complexity index is 1000. The van der Waals surface area contributed by atoms with E-state index in [4.69, 9.17) is 25.1 Å². The fourth-order valence-electron chi connectivity index (χ4n) is 4.43. The topological polar surface area (TPSA) is 134 Å². The molecule has 2 aliphatic rings. The summed E-state index contributed by atoms with van der Waals surface area (Å²) < 4.78 is 63.5. The van der Waals surface area contributed by atoms with Crippen LogP contribution in [-0.2, 0) is 20.9 Å². The van der Waals surface area contributed by atoms with Crippen molar-refractivity contribution in [2.75, 3.05) is 20.1 Å². The molecule has 0 aromatic heterocycles. The maximum atomic E-state index is 12.2. The van der Waals surface area contributed by atoms with Crippen molar-refractivity contribution >= 4 is 17.8 Å². The highest BCUT2D eigenvalue weighted by atomic mass is 19.4. The van der Waals surface area contributed by atoms with E-state index in [-0.39, 0.29) is 11.9 Å². The Morgan fingerprint density at radius 2 is 1.61 bits per heavy atom. The molecule has 0 saturated carbocycles. The monoisotopic (exact) mass is 554 g/mol. The summed E-state index contributed by atoms with van der Waals surface area (Å²) in [6.07, 6.45) is -9.22. The fraction of sp³-hybridized carbons (Fsp3) is 0.565. The highest BCUT2D eigenvalue weighted by Crippen LogP contribution is 2.37. The van der Waals surface area contributed by atoms with Gasteiger partial charge < -0.3 is 15.5 Å². The Morgan fingerprint density at radius 1 is 1.08 bits per heavy atom. The quantitative estimate of drug-likeness (QED) is 0.484. The third kappa shape index (κ3) is 9.49. The van der Waals surface area contributed by atoms with Crippen molar-refractivity contribution in [1.82, 2.24) is 15.1 Å². The maximum absolute atomic E-state index is 12.2. The predicted molar refractivity (Wildman–Crippen MR) is 121 cm³/mol. The van der Waals surface area contributed by atoms with E-state index in [0.29, 0.717) is 18.0 Å². The van der Waals surface area contributed by atoms with Gasteiger partial charge in [-0.05, 0) is 43.9 Å². The number of carboxylic acid groups (broad SMARTS) is 2. The predicted octanol–water partition coefficient (Wildman–Crippen LogP) is 2.85. The van der Waals surface area contributed by atoms with Gasteiger partial charge in [0, 0.05) is 38.8 Å². The molecule has 0 bridgehead atoms. The van der Waals surface area contributed by atoms with Crippen LogP contribution in [0.1, 0.15) is 31.4 Å². The SMILES string of the molecule is CNC(=O)[C@H]1C[C@@H]2CN(Cc3cccc(C#N)c3)C[C@@H]2N1C(C)C.O=C(O)C(F)(F)F.O=C(O)C(F)(F)F. The van der Waals surface area contributed by atoms with Crippen LogP contribution < -0.4 is 5.32 Å². The van der Waals surface area contributed by atoms with Gasteiger partial charge in [-0.25, -0.2) is 9.59 Å². The summed E-state index contributed by atoms with van der Waals surface area (Å²) in [6, 6.07) is 10.9. The summed E-state index contributed by atoms with van der Waals surface area (Å²) in [5.41, 5.74) is 1.91. The average molecular weight is 554 g/mol. The van der Waals surface area contributed by atoms with Gasteiger partial charge >= 0.3 is 24.3 Å². The molecule has 0 spiro atoms. The van der Waals surface area contributed by atoms with Gasteiger partial charge in [-0.3, -0.25) is 14.6 Å². The van der Waals surface area contributed by atoms with Crippen LogP contribution in [0.4, 0.5) is 26.3 Å². The van der Waals surface area contributed by atoms with Gasteiger partial charge in [0.15, 0.2) is 0 Å². The van der Waals surface area contributed by atoms with Crippen molar-refractivity contribution in [2.24, 2.45) is 5.92 Å².